The van der Waals surface area contributed by atoms with Gasteiger partial charge in [0, 0.05) is 17.3 Å². The highest BCUT2D eigenvalue weighted by atomic mass is 14.7. The van der Waals surface area contributed by atoms with Gasteiger partial charge in [0.15, 0.2) is 0 Å². The number of hydrogen-bond donors (Lipinski definition) is 0. The molecule has 4 bridgehead atoms. The van der Waals surface area contributed by atoms with Gasteiger partial charge in [-0.2, -0.15) is 0 Å². The summed E-state index contributed by atoms with van der Waals surface area (Å²) in [6.07, 6.45) is 6.34. The molecule has 0 spiro atoms. The Morgan fingerprint density at radius 2 is 1.24 bits per heavy atom. The van der Waals surface area contributed by atoms with Gasteiger partial charge >= 0.3 is 0 Å². The topological polar surface area (TPSA) is 12.9 Å². The van der Waals surface area contributed by atoms with Gasteiger partial charge < -0.3 is 0 Å². The molecule has 3 aromatic carbocycles. The number of pyridine rings is 1. The van der Waals surface area contributed by atoms with Crippen molar-refractivity contribution in [3.8, 4) is 22.4 Å². The van der Waals surface area contributed by atoms with Crippen LogP contribution in [0.2, 0.25) is 0 Å². The fraction of sp³-hybridized carbons (Fsp3) is 0.303. The first-order chi connectivity index (χ1) is 16.5. The molecule has 4 aromatic rings. The third-order valence-electron chi connectivity index (χ3n) is 7.32. The Labute approximate surface area is 204 Å². The van der Waals surface area contributed by atoms with Crippen molar-refractivity contribution < 1.29 is 0 Å². The predicted molar refractivity (Wildman–Crippen MR) is 145 cm³/mol. The van der Waals surface area contributed by atoms with Crippen molar-refractivity contribution in [2.75, 3.05) is 0 Å². The molecule has 172 valence electrons. The Morgan fingerprint density at radius 1 is 0.588 bits per heavy atom. The van der Waals surface area contributed by atoms with Crippen molar-refractivity contribution in [3.05, 3.63) is 112 Å². The summed E-state index contributed by atoms with van der Waals surface area (Å²) in [4.78, 5) is 4.86. The minimum atomic E-state index is 0.546. The Hall–Kier alpha value is -3.19. The summed E-state index contributed by atoms with van der Waals surface area (Å²) >= 11 is 0. The molecule has 0 saturated heterocycles. The third kappa shape index (κ3) is 4.71. The zero-order chi connectivity index (χ0) is 23.7. The van der Waals surface area contributed by atoms with E-state index in [0.29, 0.717) is 11.8 Å². The molecule has 0 atom stereocenters. The molecule has 4 aliphatic rings. The quantitative estimate of drug-likeness (QED) is 0.307. The lowest BCUT2D eigenvalue weighted by molar-refractivity contribution is 0.819. The van der Waals surface area contributed by atoms with Crippen molar-refractivity contribution in [1.82, 2.24) is 4.98 Å². The second-order valence-electron chi connectivity index (χ2n) is 10.4. The number of aryl methyl sites for hydroxylation is 4. The molecular formula is C33H35N. The van der Waals surface area contributed by atoms with Gasteiger partial charge in [0.1, 0.15) is 0 Å². The molecule has 1 aromatic heterocycles. The van der Waals surface area contributed by atoms with Crippen LogP contribution >= 0.6 is 0 Å². The van der Waals surface area contributed by atoms with Crippen LogP contribution in [0.5, 0.6) is 0 Å². The van der Waals surface area contributed by atoms with Crippen LogP contribution in [0.4, 0.5) is 0 Å². The van der Waals surface area contributed by atoms with Crippen molar-refractivity contribution in [2.45, 2.75) is 65.2 Å². The highest BCUT2D eigenvalue weighted by molar-refractivity contribution is 5.70. The molecule has 8 rings (SSSR count). The van der Waals surface area contributed by atoms with Crippen LogP contribution < -0.4 is 0 Å². The van der Waals surface area contributed by atoms with E-state index in [-0.39, 0.29) is 0 Å². The van der Waals surface area contributed by atoms with E-state index in [9.17, 15) is 0 Å². The third-order valence-corrected chi connectivity index (χ3v) is 7.32. The fourth-order valence-electron chi connectivity index (χ4n) is 5.15. The molecule has 1 heteroatoms. The highest BCUT2D eigenvalue weighted by Gasteiger charge is 2.14. The first-order valence-corrected chi connectivity index (χ1v) is 12.8. The standard InChI is InChI=1S/C33H35N/c1-22(2)26-13-15-29(16-14-26)33-18-17-30(21-34-33)32-20-25-6-10-27-9-5-24(19-31(27)23(3)4)7-11-28(32)12-8-25/h5,8-9,12-23H,6-7,10-11H2,1-4H3. The summed E-state index contributed by atoms with van der Waals surface area (Å²) in [5.41, 5.74) is 13.4. The van der Waals surface area contributed by atoms with Crippen LogP contribution in [0, 0.1) is 0 Å². The van der Waals surface area contributed by atoms with E-state index in [1.165, 1.54) is 50.1 Å². The molecule has 0 N–H and O–H groups in total. The molecule has 1 heterocycles. The minimum Gasteiger partial charge on any atom is -0.256 e. The highest BCUT2D eigenvalue weighted by Crippen LogP contribution is 2.31. The largest absolute Gasteiger partial charge is 0.256 e. The van der Waals surface area contributed by atoms with E-state index >= 15 is 0 Å². The second-order valence-corrected chi connectivity index (χ2v) is 10.4. The maximum atomic E-state index is 4.86. The fourth-order valence-corrected chi connectivity index (χ4v) is 5.15. The average Bonchev–Trinajstić information content (AvgIpc) is 2.85. The summed E-state index contributed by atoms with van der Waals surface area (Å²) in [5, 5.41) is 0. The minimum absolute atomic E-state index is 0.546. The monoisotopic (exact) mass is 445 g/mol. The number of hydrogen-bond acceptors (Lipinski definition) is 1. The van der Waals surface area contributed by atoms with Gasteiger partial charge in [0.05, 0.1) is 5.69 Å². The van der Waals surface area contributed by atoms with Gasteiger partial charge in [-0.05, 0) is 82.5 Å². The van der Waals surface area contributed by atoms with Gasteiger partial charge in [0.25, 0.3) is 0 Å². The lowest BCUT2D eigenvalue weighted by Gasteiger charge is -2.18. The van der Waals surface area contributed by atoms with Crippen LogP contribution in [0.1, 0.15) is 72.9 Å². The van der Waals surface area contributed by atoms with Crippen LogP contribution in [0.25, 0.3) is 22.4 Å². The predicted octanol–water partition coefficient (Wildman–Crippen LogP) is 8.55. The zero-order valence-electron chi connectivity index (χ0n) is 20.9. The first kappa shape index (κ1) is 22.6. The summed E-state index contributed by atoms with van der Waals surface area (Å²) in [6, 6.07) is 27.5. The number of aromatic nitrogens is 1. The van der Waals surface area contributed by atoms with E-state index in [2.05, 4.69) is 107 Å². The summed E-state index contributed by atoms with van der Waals surface area (Å²) in [7, 11) is 0. The van der Waals surface area contributed by atoms with Gasteiger partial charge in [-0.25, -0.2) is 0 Å². The zero-order valence-corrected chi connectivity index (χ0v) is 20.9. The summed E-state index contributed by atoms with van der Waals surface area (Å²) in [6.45, 7) is 9.09. The van der Waals surface area contributed by atoms with Gasteiger partial charge in [-0.1, -0.05) is 94.4 Å². The summed E-state index contributed by atoms with van der Waals surface area (Å²) in [5.74, 6) is 1.12. The van der Waals surface area contributed by atoms with Gasteiger partial charge in [-0.15, -0.1) is 0 Å². The normalized spacial score (nSPS) is 13.4. The molecular weight excluding hydrogens is 410 g/mol. The lowest BCUT2D eigenvalue weighted by Crippen LogP contribution is -2.04. The molecule has 1 nitrogen and oxygen atoms in total. The van der Waals surface area contributed by atoms with Crippen LogP contribution in [-0.4, -0.2) is 4.98 Å². The van der Waals surface area contributed by atoms with Crippen LogP contribution in [-0.2, 0) is 25.7 Å². The van der Waals surface area contributed by atoms with Crippen LogP contribution in [0.15, 0.2) is 79.0 Å². The first-order valence-electron chi connectivity index (χ1n) is 12.8. The Bertz CT molecular complexity index is 1280. The molecule has 0 aliphatic heterocycles. The Kier molecular flexibility index (Phi) is 6.37. The molecule has 0 amide bonds. The van der Waals surface area contributed by atoms with Crippen molar-refractivity contribution in [1.29, 1.82) is 0 Å². The van der Waals surface area contributed by atoms with E-state index in [1.807, 2.05) is 0 Å². The Morgan fingerprint density at radius 3 is 1.88 bits per heavy atom. The van der Waals surface area contributed by atoms with E-state index in [4.69, 9.17) is 4.98 Å². The Balaban J connectivity index is 1.45. The molecule has 34 heavy (non-hydrogen) atoms. The van der Waals surface area contributed by atoms with Crippen LogP contribution in [0.3, 0.4) is 0 Å². The van der Waals surface area contributed by atoms with Crippen molar-refractivity contribution in [2.24, 2.45) is 0 Å². The number of rotatable bonds is 4. The SMILES string of the molecule is CC(C)c1ccc(-c2ccc(-c3cc4ccc3CCc3ccc(c(C(C)C)c3)CC4)cn2)cc1. The number of benzene rings is 3. The maximum Gasteiger partial charge on any atom is 0.0702 e. The van der Waals surface area contributed by atoms with Crippen molar-refractivity contribution in [3.63, 3.8) is 0 Å². The molecule has 0 unspecified atom stereocenters. The summed E-state index contributed by atoms with van der Waals surface area (Å²) < 4.78 is 0. The molecule has 0 saturated carbocycles. The number of nitrogens with zero attached hydrogens (tertiary/aromatic N) is 1. The van der Waals surface area contributed by atoms with Crippen molar-refractivity contribution >= 4 is 0 Å². The van der Waals surface area contributed by atoms with Gasteiger partial charge in [0.2, 0.25) is 0 Å². The second kappa shape index (κ2) is 9.58. The molecule has 0 fully saturated rings. The smallest absolute Gasteiger partial charge is 0.0702 e. The van der Waals surface area contributed by atoms with E-state index < -0.39 is 0 Å². The maximum absolute atomic E-state index is 4.86. The van der Waals surface area contributed by atoms with E-state index in [1.54, 1.807) is 0 Å². The van der Waals surface area contributed by atoms with Gasteiger partial charge in [-0.3, -0.25) is 4.98 Å². The average molecular weight is 446 g/mol. The molecule has 0 radical (unpaired) electrons. The molecule has 4 aliphatic carbocycles. The van der Waals surface area contributed by atoms with E-state index in [0.717, 1.165) is 31.4 Å². The lowest BCUT2D eigenvalue weighted by atomic mass is 9.87.